The number of aromatic nitrogens is 2. The van der Waals surface area contributed by atoms with E-state index in [9.17, 15) is 4.79 Å². The summed E-state index contributed by atoms with van der Waals surface area (Å²) in [6.45, 7) is 6.97. The minimum Gasteiger partial charge on any atom is -0.494 e. The van der Waals surface area contributed by atoms with Crippen LogP contribution in [0.15, 0.2) is 66.3 Å². The van der Waals surface area contributed by atoms with E-state index in [1.807, 2.05) is 54.0 Å². The van der Waals surface area contributed by atoms with Gasteiger partial charge in [0.25, 0.3) is 5.91 Å². The molecule has 0 saturated heterocycles. The number of benzene rings is 2. The van der Waals surface area contributed by atoms with Gasteiger partial charge in [-0.3, -0.25) is 4.79 Å². The number of rotatable bonds is 5. The van der Waals surface area contributed by atoms with Crippen LogP contribution in [0.25, 0.3) is 21.1 Å². The van der Waals surface area contributed by atoms with Gasteiger partial charge in [-0.05, 0) is 31.2 Å². The fourth-order valence-electron chi connectivity index (χ4n) is 3.10. The zero-order chi connectivity index (χ0) is 18.8. The van der Waals surface area contributed by atoms with Crippen molar-refractivity contribution in [2.75, 3.05) is 6.61 Å². The van der Waals surface area contributed by atoms with Crippen molar-refractivity contribution in [3.63, 3.8) is 0 Å². The van der Waals surface area contributed by atoms with E-state index in [2.05, 4.69) is 16.6 Å². The van der Waals surface area contributed by atoms with E-state index in [4.69, 9.17) is 4.74 Å². The molecule has 4 aromatic rings. The van der Waals surface area contributed by atoms with Crippen LogP contribution < -0.4 is 9.54 Å². The first-order valence-electron chi connectivity index (χ1n) is 8.73. The number of allylic oxidation sites excluding steroid dienone is 1. The van der Waals surface area contributed by atoms with Gasteiger partial charge in [0.2, 0.25) is 0 Å². The molecule has 0 aliphatic heterocycles. The molecule has 1 N–H and O–H groups in total. The van der Waals surface area contributed by atoms with Crippen LogP contribution in [-0.2, 0) is 6.54 Å². The van der Waals surface area contributed by atoms with Crippen molar-refractivity contribution < 1.29 is 9.53 Å². The van der Waals surface area contributed by atoms with Crippen LogP contribution in [0.2, 0.25) is 0 Å². The van der Waals surface area contributed by atoms with Gasteiger partial charge >= 0.3 is 0 Å². The maximum absolute atomic E-state index is 12.8. The second-order valence-electron chi connectivity index (χ2n) is 6.01. The van der Waals surface area contributed by atoms with Gasteiger partial charge in [-0.2, -0.15) is 4.99 Å². The monoisotopic (exact) mass is 377 g/mol. The third-order valence-electron chi connectivity index (χ3n) is 4.29. The Morgan fingerprint density at radius 3 is 3.00 bits per heavy atom. The second kappa shape index (κ2) is 7.25. The molecule has 2 aromatic heterocycles. The van der Waals surface area contributed by atoms with Crippen molar-refractivity contribution >= 4 is 38.4 Å². The summed E-state index contributed by atoms with van der Waals surface area (Å²) in [6, 6.07) is 13.6. The molecule has 5 nitrogen and oxygen atoms in total. The van der Waals surface area contributed by atoms with Crippen LogP contribution in [0.3, 0.4) is 0 Å². The number of aromatic amines is 1. The Bertz CT molecular complexity index is 1210. The summed E-state index contributed by atoms with van der Waals surface area (Å²) >= 11 is 1.47. The van der Waals surface area contributed by atoms with Gasteiger partial charge in [0.05, 0.1) is 22.4 Å². The lowest BCUT2D eigenvalue weighted by Crippen LogP contribution is -2.16. The molecule has 0 radical (unpaired) electrons. The molecule has 2 aromatic carbocycles. The maximum atomic E-state index is 12.8. The van der Waals surface area contributed by atoms with E-state index < -0.39 is 0 Å². The van der Waals surface area contributed by atoms with E-state index in [1.165, 1.54) is 11.3 Å². The van der Waals surface area contributed by atoms with E-state index in [0.29, 0.717) is 23.5 Å². The number of ether oxygens (including phenoxy) is 1. The molecular weight excluding hydrogens is 358 g/mol. The number of amides is 1. The number of thiazole rings is 1. The van der Waals surface area contributed by atoms with Crippen LogP contribution in [0.4, 0.5) is 0 Å². The highest BCUT2D eigenvalue weighted by atomic mass is 32.1. The van der Waals surface area contributed by atoms with Crippen molar-refractivity contribution in [1.82, 2.24) is 9.55 Å². The topological polar surface area (TPSA) is 59.4 Å². The third kappa shape index (κ3) is 3.19. The van der Waals surface area contributed by atoms with E-state index in [-0.39, 0.29) is 5.91 Å². The van der Waals surface area contributed by atoms with E-state index in [1.54, 1.807) is 12.3 Å². The van der Waals surface area contributed by atoms with Crippen LogP contribution in [0, 0.1) is 0 Å². The number of hydrogen-bond acceptors (Lipinski definition) is 3. The molecule has 4 rings (SSSR count). The quantitative estimate of drug-likeness (QED) is 0.520. The first-order chi connectivity index (χ1) is 13.2. The van der Waals surface area contributed by atoms with Gasteiger partial charge < -0.3 is 14.3 Å². The Labute approximate surface area is 160 Å². The van der Waals surface area contributed by atoms with Crippen molar-refractivity contribution in [3.05, 3.63) is 71.7 Å². The third-order valence-corrected chi connectivity index (χ3v) is 5.33. The molecule has 27 heavy (non-hydrogen) atoms. The molecular formula is C21H19N3O2S. The van der Waals surface area contributed by atoms with Gasteiger partial charge in [0, 0.05) is 23.6 Å². The molecule has 0 aliphatic carbocycles. The number of H-pyrrole nitrogens is 1. The molecule has 0 aliphatic rings. The lowest BCUT2D eigenvalue weighted by Gasteiger charge is -2.04. The Balaban J connectivity index is 1.84. The molecule has 0 fully saturated rings. The molecule has 2 heterocycles. The van der Waals surface area contributed by atoms with Gasteiger partial charge in [-0.1, -0.05) is 35.6 Å². The lowest BCUT2D eigenvalue weighted by molar-refractivity contribution is 0.0999. The number of nitrogens with one attached hydrogen (secondary N) is 1. The number of carbonyl (C=O) groups is 1. The van der Waals surface area contributed by atoms with Gasteiger partial charge in [0.15, 0.2) is 4.80 Å². The molecule has 0 bridgehead atoms. The van der Waals surface area contributed by atoms with Crippen LogP contribution in [-0.4, -0.2) is 22.1 Å². The van der Waals surface area contributed by atoms with Gasteiger partial charge in [0.1, 0.15) is 5.75 Å². The van der Waals surface area contributed by atoms with Crippen LogP contribution >= 0.6 is 11.3 Å². The summed E-state index contributed by atoms with van der Waals surface area (Å²) in [4.78, 5) is 21.0. The van der Waals surface area contributed by atoms with Crippen molar-refractivity contribution in [2.24, 2.45) is 4.99 Å². The van der Waals surface area contributed by atoms with E-state index >= 15 is 0 Å². The molecule has 0 atom stereocenters. The van der Waals surface area contributed by atoms with Gasteiger partial charge in [-0.15, -0.1) is 6.58 Å². The summed E-state index contributed by atoms with van der Waals surface area (Å²) in [5.74, 6) is 0.549. The average Bonchev–Trinajstić information content (AvgIpc) is 3.24. The van der Waals surface area contributed by atoms with E-state index in [0.717, 1.165) is 26.9 Å². The summed E-state index contributed by atoms with van der Waals surface area (Å²) in [5.41, 5.74) is 2.50. The summed E-state index contributed by atoms with van der Waals surface area (Å²) in [7, 11) is 0. The first kappa shape index (κ1) is 17.3. The summed E-state index contributed by atoms with van der Waals surface area (Å²) in [6.07, 6.45) is 3.52. The molecule has 6 heteroatoms. The predicted molar refractivity (Wildman–Crippen MR) is 109 cm³/mol. The molecule has 0 spiro atoms. The Hall–Kier alpha value is -3.12. The highest BCUT2D eigenvalue weighted by Gasteiger charge is 2.13. The summed E-state index contributed by atoms with van der Waals surface area (Å²) in [5, 5.41) is 0.876. The molecule has 0 saturated carbocycles. The van der Waals surface area contributed by atoms with Crippen LogP contribution in [0.5, 0.6) is 5.75 Å². The Morgan fingerprint density at radius 2 is 2.19 bits per heavy atom. The predicted octanol–water partition coefficient (Wildman–Crippen LogP) is 4.51. The fraction of sp³-hybridized carbons (Fsp3) is 0.143. The highest BCUT2D eigenvalue weighted by Crippen LogP contribution is 2.24. The molecule has 1 amide bonds. The number of para-hydroxylation sites is 1. The van der Waals surface area contributed by atoms with Crippen molar-refractivity contribution in [3.8, 4) is 5.75 Å². The number of carbonyl (C=O) groups excluding carboxylic acids is 1. The normalized spacial score (nSPS) is 12.0. The first-order valence-corrected chi connectivity index (χ1v) is 9.55. The number of fused-ring (bicyclic) bond motifs is 2. The lowest BCUT2D eigenvalue weighted by atomic mass is 10.2. The number of nitrogens with zero attached hydrogens (tertiary/aromatic N) is 2. The number of hydrogen-bond donors (Lipinski definition) is 1. The SMILES string of the molecule is C=CCn1c(=NC(=O)c2c[nH]c3ccccc23)sc2cc(OCC)ccc21. The zero-order valence-electron chi connectivity index (χ0n) is 14.9. The van der Waals surface area contributed by atoms with Crippen molar-refractivity contribution in [2.45, 2.75) is 13.5 Å². The summed E-state index contributed by atoms with van der Waals surface area (Å²) < 4.78 is 8.60. The highest BCUT2D eigenvalue weighted by molar-refractivity contribution is 7.16. The molecule has 136 valence electrons. The minimum absolute atomic E-state index is 0.262. The fourth-order valence-corrected chi connectivity index (χ4v) is 4.16. The maximum Gasteiger partial charge on any atom is 0.281 e. The Kier molecular flexibility index (Phi) is 4.64. The smallest absolute Gasteiger partial charge is 0.281 e. The minimum atomic E-state index is -0.262. The standard InChI is InChI=1S/C21H19N3O2S/c1-3-11-24-18-10-9-14(26-4-2)12-19(18)27-21(24)23-20(25)16-13-22-17-8-6-5-7-15(16)17/h3,5-10,12-13,22H,1,4,11H2,2H3. The van der Waals surface area contributed by atoms with Gasteiger partial charge in [-0.25, -0.2) is 0 Å². The molecule has 0 unspecified atom stereocenters. The second-order valence-corrected chi connectivity index (χ2v) is 7.02. The largest absolute Gasteiger partial charge is 0.494 e. The van der Waals surface area contributed by atoms with Crippen LogP contribution in [0.1, 0.15) is 17.3 Å². The zero-order valence-corrected chi connectivity index (χ0v) is 15.8. The Morgan fingerprint density at radius 1 is 1.33 bits per heavy atom. The average molecular weight is 377 g/mol. The van der Waals surface area contributed by atoms with Crippen molar-refractivity contribution in [1.29, 1.82) is 0 Å².